The number of piperazine rings is 1. The summed E-state index contributed by atoms with van der Waals surface area (Å²) in [4.78, 5) is 20.4. The number of thioether (sulfide) groups is 1. The van der Waals surface area contributed by atoms with E-state index >= 15 is 0 Å². The molecule has 3 heterocycles. The summed E-state index contributed by atoms with van der Waals surface area (Å²) in [7, 11) is 1.96. The van der Waals surface area contributed by atoms with E-state index in [1.807, 2.05) is 7.05 Å². The molecule has 154 valence electrons. The molecule has 0 aliphatic carbocycles. The molecule has 1 fully saturated rings. The van der Waals surface area contributed by atoms with Crippen molar-refractivity contribution in [3.05, 3.63) is 35.1 Å². The van der Waals surface area contributed by atoms with Crippen LogP contribution in [-0.2, 0) is 11.0 Å². The lowest BCUT2D eigenvalue weighted by atomic mass is 10.1. The SMILES string of the molecule is Cc1ccc(-c2cc(C(F)(F)F)c(C#N)c(SCC(=O)N3CCN(C)CC3)n2)o1. The lowest BCUT2D eigenvalue weighted by Gasteiger charge is -2.32. The second-order valence-electron chi connectivity index (χ2n) is 6.73. The summed E-state index contributed by atoms with van der Waals surface area (Å²) < 4.78 is 46.0. The van der Waals surface area contributed by atoms with Crippen LogP contribution in [0.1, 0.15) is 16.9 Å². The van der Waals surface area contributed by atoms with Crippen LogP contribution >= 0.6 is 11.8 Å². The van der Waals surface area contributed by atoms with E-state index in [4.69, 9.17) is 4.42 Å². The third-order valence-corrected chi connectivity index (χ3v) is 5.54. The number of aryl methyl sites for hydroxylation is 1. The standard InChI is InChI=1S/C19H19F3N4O2S/c1-12-3-4-16(28-12)15-9-14(19(20,21)22)13(10-23)18(24-15)29-11-17(27)26-7-5-25(2)6-8-26/h3-4,9H,5-8,11H2,1-2H3. The van der Waals surface area contributed by atoms with Crippen LogP contribution in [0.4, 0.5) is 13.2 Å². The monoisotopic (exact) mass is 424 g/mol. The van der Waals surface area contributed by atoms with Crippen LogP contribution in [0.5, 0.6) is 0 Å². The molecule has 0 bridgehead atoms. The average Bonchev–Trinajstić information content (AvgIpc) is 3.11. The molecule has 2 aromatic rings. The largest absolute Gasteiger partial charge is 0.460 e. The van der Waals surface area contributed by atoms with Crippen molar-refractivity contribution in [2.45, 2.75) is 18.1 Å². The summed E-state index contributed by atoms with van der Waals surface area (Å²) >= 11 is 0.840. The maximum Gasteiger partial charge on any atom is 0.417 e. The number of carbonyl (C=O) groups is 1. The Morgan fingerprint density at radius 3 is 2.55 bits per heavy atom. The second kappa shape index (κ2) is 8.47. The molecule has 0 radical (unpaired) electrons. The zero-order valence-electron chi connectivity index (χ0n) is 15.9. The molecule has 0 N–H and O–H groups in total. The number of alkyl halides is 3. The molecule has 0 aromatic carbocycles. The van der Waals surface area contributed by atoms with Crippen molar-refractivity contribution in [2.75, 3.05) is 39.0 Å². The number of aromatic nitrogens is 1. The van der Waals surface area contributed by atoms with E-state index in [1.165, 1.54) is 6.07 Å². The van der Waals surface area contributed by atoms with Crippen LogP contribution in [0.2, 0.25) is 0 Å². The third-order valence-electron chi connectivity index (χ3n) is 4.58. The average molecular weight is 424 g/mol. The summed E-state index contributed by atoms with van der Waals surface area (Å²) in [6.45, 7) is 4.28. The fraction of sp³-hybridized carbons (Fsp3) is 0.421. The van der Waals surface area contributed by atoms with Crippen molar-refractivity contribution in [3.63, 3.8) is 0 Å². The van der Waals surface area contributed by atoms with Crippen LogP contribution in [0, 0.1) is 18.3 Å². The Balaban J connectivity index is 1.90. The minimum Gasteiger partial charge on any atom is -0.460 e. The molecule has 0 unspecified atom stereocenters. The molecule has 1 amide bonds. The Hall–Kier alpha value is -2.51. The van der Waals surface area contributed by atoms with Crippen molar-refractivity contribution < 1.29 is 22.4 Å². The number of furan rings is 1. The Labute approximate surface area is 170 Å². The Kier molecular flexibility index (Phi) is 6.19. The van der Waals surface area contributed by atoms with Crippen molar-refractivity contribution in [1.29, 1.82) is 5.26 Å². The van der Waals surface area contributed by atoms with Gasteiger partial charge in [-0.1, -0.05) is 11.8 Å². The van der Waals surface area contributed by atoms with Gasteiger partial charge in [-0.05, 0) is 32.2 Å². The molecule has 0 saturated carbocycles. The van der Waals surface area contributed by atoms with Crippen molar-refractivity contribution >= 4 is 17.7 Å². The van der Waals surface area contributed by atoms with Gasteiger partial charge in [0.15, 0.2) is 5.76 Å². The number of likely N-dealkylation sites (N-methyl/N-ethyl adjacent to an activating group) is 1. The third kappa shape index (κ3) is 4.92. The number of carbonyl (C=O) groups excluding carboxylic acids is 1. The number of halogens is 3. The smallest absolute Gasteiger partial charge is 0.417 e. The van der Waals surface area contributed by atoms with E-state index in [9.17, 15) is 23.2 Å². The zero-order chi connectivity index (χ0) is 21.2. The number of nitriles is 1. The maximum atomic E-state index is 13.5. The van der Waals surface area contributed by atoms with Gasteiger partial charge in [-0.3, -0.25) is 4.79 Å². The normalized spacial score (nSPS) is 15.4. The molecule has 10 heteroatoms. The number of nitrogens with zero attached hydrogens (tertiary/aromatic N) is 4. The number of rotatable bonds is 4. The minimum absolute atomic E-state index is 0.0287. The maximum absolute atomic E-state index is 13.5. The fourth-order valence-electron chi connectivity index (χ4n) is 2.93. The highest BCUT2D eigenvalue weighted by atomic mass is 32.2. The van der Waals surface area contributed by atoms with E-state index in [0.717, 1.165) is 30.9 Å². The number of hydrogen-bond acceptors (Lipinski definition) is 6. The molecule has 3 rings (SSSR count). The molecule has 1 saturated heterocycles. The Morgan fingerprint density at radius 2 is 2.00 bits per heavy atom. The van der Waals surface area contributed by atoms with E-state index in [2.05, 4.69) is 9.88 Å². The summed E-state index contributed by atoms with van der Waals surface area (Å²) in [5.74, 6) is 0.411. The first-order valence-electron chi connectivity index (χ1n) is 8.87. The minimum atomic E-state index is -4.73. The predicted molar refractivity (Wildman–Crippen MR) is 101 cm³/mol. The lowest BCUT2D eigenvalue weighted by molar-refractivity contribution is -0.138. The fourth-order valence-corrected chi connectivity index (χ4v) is 3.84. The van der Waals surface area contributed by atoms with Gasteiger partial charge in [0.1, 0.15) is 22.5 Å². The van der Waals surface area contributed by atoms with Crippen molar-refractivity contribution in [2.24, 2.45) is 0 Å². The summed E-state index contributed by atoms with van der Waals surface area (Å²) in [6.07, 6.45) is -4.73. The predicted octanol–water partition coefficient (Wildman–Crippen LogP) is 3.41. The lowest BCUT2D eigenvalue weighted by Crippen LogP contribution is -2.47. The van der Waals surface area contributed by atoms with Gasteiger partial charge < -0.3 is 14.2 Å². The topological polar surface area (TPSA) is 73.4 Å². The molecule has 2 aromatic heterocycles. The first-order valence-corrected chi connectivity index (χ1v) is 9.86. The van der Waals surface area contributed by atoms with E-state index in [0.29, 0.717) is 18.8 Å². The van der Waals surface area contributed by atoms with Crippen LogP contribution in [-0.4, -0.2) is 59.7 Å². The van der Waals surface area contributed by atoms with Gasteiger partial charge in [0.25, 0.3) is 0 Å². The highest BCUT2D eigenvalue weighted by Crippen LogP contribution is 2.38. The van der Waals surface area contributed by atoms with Crippen LogP contribution in [0.15, 0.2) is 27.6 Å². The molecular formula is C19H19F3N4O2S. The molecule has 1 aliphatic heterocycles. The number of hydrogen-bond donors (Lipinski definition) is 0. The molecule has 0 atom stereocenters. The molecule has 29 heavy (non-hydrogen) atoms. The quantitative estimate of drug-likeness (QED) is 0.701. The van der Waals surface area contributed by atoms with E-state index in [1.54, 1.807) is 24.0 Å². The summed E-state index contributed by atoms with van der Waals surface area (Å²) in [6, 6.07) is 5.55. The van der Waals surface area contributed by atoms with Crippen LogP contribution < -0.4 is 0 Å². The van der Waals surface area contributed by atoms with Crippen molar-refractivity contribution in [1.82, 2.24) is 14.8 Å². The van der Waals surface area contributed by atoms with Gasteiger partial charge in [0, 0.05) is 26.2 Å². The van der Waals surface area contributed by atoms with Crippen molar-refractivity contribution in [3.8, 4) is 17.5 Å². The highest BCUT2D eigenvalue weighted by Gasteiger charge is 2.36. The van der Waals surface area contributed by atoms with Gasteiger partial charge in [0.2, 0.25) is 5.91 Å². The van der Waals surface area contributed by atoms with Gasteiger partial charge in [0.05, 0.1) is 16.9 Å². The van der Waals surface area contributed by atoms with Gasteiger partial charge in [-0.2, -0.15) is 18.4 Å². The Morgan fingerprint density at radius 1 is 1.31 bits per heavy atom. The number of pyridine rings is 1. The van der Waals surface area contributed by atoms with Gasteiger partial charge in [-0.25, -0.2) is 4.98 Å². The Bertz CT molecular complexity index is 944. The van der Waals surface area contributed by atoms with Gasteiger partial charge >= 0.3 is 6.18 Å². The van der Waals surface area contributed by atoms with E-state index in [-0.39, 0.29) is 28.1 Å². The summed E-state index contributed by atoms with van der Waals surface area (Å²) in [5.41, 5.74) is -1.70. The molecule has 0 spiro atoms. The van der Waals surface area contributed by atoms with Crippen LogP contribution in [0.3, 0.4) is 0 Å². The summed E-state index contributed by atoms with van der Waals surface area (Å²) in [5, 5.41) is 9.21. The number of amides is 1. The molecule has 6 nitrogen and oxygen atoms in total. The highest BCUT2D eigenvalue weighted by molar-refractivity contribution is 8.00. The first kappa shape index (κ1) is 21.2. The van der Waals surface area contributed by atoms with Gasteiger partial charge in [-0.15, -0.1) is 0 Å². The zero-order valence-corrected chi connectivity index (χ0v) is 16.7. The molecular weight excluding hydrogens is 405 g/mol. The second-order valence-corrected chi connectivity index (χ2v) is 7.69. The first-order chi connectivity index (χ1) is 13.7. The van der Waals surface area contributed by atoms with E-state index < -0.39 is 17.3 Å². The van der Waals surface area contributed by atoms with Crippen LogP contribution in [0.25, 0.3) is 11.5 Å². The molecule has 1 aliphatic rings.